The number of amides is 2. The van der Waals surface area contributed by atoms with Gasteiger partial charge in [0.2, 0.25) is 5.91 Å². The Kier molecular flexibility index (Phi) is 5.56. The standard InChI is InChI=1S/C21H26N4O3S/c1-14(25-18-6-4-5-7-19(18)28-15(2)21(25)27)20(26)24-10-8-23(9-11-24)12-17-13-29-16(3)22-17/h4-7,13-15H,8-12H2,1-3H3. The van der Waals surface area contributed by atoms with E-state index in [0.29, 0.717) is 24.5 Å². The predicted octanol–water partition coefficient (Wildman–Crippen LogP) is 2.30. The van der Waals surface area contributed by atoms with Gasteiger partial charge >= 0.3 is 0 Å². The van der Waals surface area contributed by atoms with E-state index in [-0.39, 0.29) is 11.8 Å². The van der Waals surface area contributed by atoms with Gasteiger partial charge < -0.3 is 9.64 Å². The molecule has 0 spiro atoms. The van der Waals surface area contributed by atoms with Crippen LogP contribution in [-0.4, -0.2) is 64.9 Å². The van der Waals surface area contributed by atoms with Crippen LogP contribution in [0, 0.1) is 6.92 Å². The number of fused-ring (bicyclic) bond motifs is 1. The van der Waals surface area contributed by atoms with Crippen molar-refractivity contribution in [1.82, 2.24) is 14.8 Å². The van der Waals surface area contributed by atoms with Crippen LogP contribution < -0.4 is 9.64 Å². The summed E-state index contributed by atoms with van der Waals surface area (Å²) in [5, 5.41) is 3.17. The third kappa shape index (κ3) is 4.00. The zero-order chi connectivity index (χ0) is 20.5. The molecule has 3 heterocycles. The van der Waals surface area contributed by atoms with E-state index in [0.717, 1.165) is 30.3 Å². The lowest BCUT2D eigenvalue weighted by molar-refractivity contribution is -0.137. The van der Waals surface area contributed by atoms with Gasteiger partial charge in [0.1, 0.15) is 11.8 Å². The van der Waals surface area contributed by atoms with Gasteiger partial charge in [0.15, 0.2) is 6.10 Å². The van der Waals surface area contributed by atoms with Gasteiger partial charge in [0.05, 0.1) is 16.4 Å². The highest BCUT2D eigenvalue weighted by Crippen LogP contribution is 2.35. The molecule has 0 aliphatic carbocycles. The number of aryl methyl sites for hydroxylation is 1. The molecule has 2 aliphatic heterocycles. The van der Waals surface area contributed by atoms with Crippen molar-refractivity contribution in [3.8, 4) is 5.75 Å². The van der Waals surface area contributed by atoms with E-state index in [1.54, 1.807) is 30.1 Å². The number of carbonyl (C=O) groups is 2. The van der Waals surface area contributed by atoms with Gasteiger partial charge in [-0.2, -0.15) is 0 Å². The fraction of sp³-hybridized carbons (Fsp3) is 0.476. The molecular weight excluding hydrogens is 388 g/mol. The summed E-state index contributed by atoms with van der Waals surface area (Å²) in [6.07, 6.45) is -0.599. The maximum absolute atomic E-state index is 13.2. The minimum absolute atomic E-state index is 0.0218. The summed E-state index contributed by atoms with van der Waals surface area (Å²) in [5.41, 5.74) is 1.75. The van der Waals surface area contributed by atoms with E-state index in [1.165, 1.54) is 0 Å². The molecule has 8 heteroatoms. The fourth-order valence-corrected chi connectivity index (χ4v) is 4.53. The first-order valence-electron chi connectivity index (χ1n) is 9.95. The van der Waals surface area contributed by atoms with Crippen LogP contribution in [0.5, 0.6) is 5.75 Å². The molecule has 154 valence electrons. The number of hydrogen-bond donors (Lipinski definition) is 0. The molecule has 4 rings (SSSR count). The third-order valence-electron chi connectivity index (χ3n) is 5.49. The summed E-state index contributed by atoms with van der Waals surface area (Å²) >= 11 is 1.66. The van der Waals surface area contributed by atoms with Crippen LogP contribution in [0.15, 0.2) is 29.6 Å². The molecule has 2 amide bonds. The lowest BCUT2D eigenvalue weighted by atomic mass is 10.1. The second kappa shape index (κ2) is 8.12. The summed E-state index contributed by atoms with van der Waals surface area (Å²) in [4.78, 5) is 36.3. The van der Waals surface area contributed by atoms with Gasteiger partial charge in [-0.05, 0) is 32.9 Å². The zero-order valence-corrected chi connectivity index (χ0v) is 17.8. The Bertz CT molecular complexity index is 907. The van der Waals surface area contributed by atoms with E-state index >= 15 is 0 Å². The number of aromatic nitrogens is 1. The quantitative estimate of drug-likeness (QED) is 0.768. The van der Waals surface area contributed by atoms with E-state index in [2.05, 4.69) is 15.3 Å². The number of ether oxygens (including phenoxy) is 1. The van der Waals surface area contributed by atoms with Crippen LogP contribution in [0.1, 0.15) is 24.5 Å². The first kappa shape index (κ1) is 19.8. The molecule has 1 aromatic heterocycles. The van der Waals surface area contributed by atoms with Gasteiger partial charge in [-0.25, -0.2) is 4.98 Å². The Morgan fingerprint density at radius 2 is 2.00 bits per heavy atom. The van der Waals surface area contributed by atoms with Crippen LogP contribution in [0.2, 0.25) is 0 Å². The van der Waals surface area contributed by atoms with Gasteiger partial charge in [0.25, 0.3) is 5.91 Å². The zero-order valence-electron chi connectivity index (χ0n) is 17.0. The second-order valence-electron chi connectivity index (χ2n) is 7.57. The van der Waals surface area contributed by atoms with Crippen LogP contribution in [-0.2, 0) is 16.1 Å². The summed E-state index contributed by atoms with van der Waals surface area (Å²) in [7, 11) is 0. The number of rotatable bonds is 4. The molecule has 7 nitrogen and oxygen atoms in total. The molecule has 1 aromatic carbocycles. The fourth-order valence-electron chi connectivity index (χ4n) is 3.92. The number of carbonyl (C=O) groups excluding carboxylic acids is 2. The molecule has 0 radical (unpaired) electrons. The molecular formula is C21H26N4O3S. The summed E-state index contributed by atoms with van der Waals surface area (Å²) < 4.78 is 5.69. The highest BCUT2D eigenvalue weighted by molar-refractivity contribution is 7.09. The van der Waals surface area contributed by atoms with Gasteiger partial charge in [-0.3, -0.25) is 19.4 Å². The summed E-state index contributed by atoms with van der Waals surface area (Å²) in [5.74, 6) is 0.441. The molecule has 2 atom stereocenters. The monoisotopic (exact) mass is 414 g/mol. The molecule has 2 aromatic rings. The topological polar surface area (TPSA) is 66.0 Å². The van der Waals surface area contributed by atoms with E-state index in [1.807, 2.05) is 36.1 Å². The molecule has 0 bridgehead atoms. The maximum Gasteiger partial charge on any atom is 0.268 e. The second-order valence-corrected chi connectivity index (χ2v) is 8.63. The number of hydrogen-bond acceptors (Lipinski definition) is 6. The normalized spacial score (nSPS) is 20.9. The molecule has 1 saturated heterocycles. The Hall–Kier alpha value is -2.45. The van der Waals surface area contributed by atoms with Crippen molar-refractivity contribution in [2.75, 3.05) is 31.1 Å². The van der Waals surface area contributed by atoms with Crippen LogP contribution in [0.3, 0.4) is 0 Å². The number of anilines is 1. The van der Waals surface area contributed by atoms with Gasteiger partial charge in [0, 0.05) is 38.1 Å². The Balaban J connectivity index is 1.41. The lowest BCUT2D eigenvalue weighted by Gasteiger charge is -2.40. The van der Waals surface area contributed by atoms with Crippen molar-refractivity contribution in [3.05, 3.63) is 40.3 Å². The van der Waals surface area contributed by atoms with Crippen molar-refractivity contribution in [2.45, 2.75) is 39.5 Å². The molecule has 0 N–H and O–H groups in total. The predicted molar refractivity (Wildman–Crippen MR) is 112 cm³/mol. The Morgan fingerprint density at radius 1 is 1.28 bits per heavy atom. The SMILES string of the molecule is Cc1nc(CN2CCN(C(=O)C(C)N3C(=O)C(C)Oc4ccccc43)CC2)cs1. The van der Waals surface area contributed by atoms with E-state index < -0.39 is 12.1 Å². The molecule has 1 fully saturated rings. The average Bonchev–Trinajstić information content (AvgIpc) is 3.13. The number of benzene rings is 1. The average molecular weight is 415 g/mol. The number of nitrogens with zero attached hydrogens (tertiary/aromatic N) is 4. The largest absolute Gasteiger partial charge is 0.479 e. The smallest absolute Gasteiger partial charge is 0.268 e. The van der Waals surface area contributed by atoms with Gasteiger partial charge in [-0.1, -0.05) is 12.1 Å². The van der Waals surface area contributed by atoms with E-state index in [4.69, 9.17) is 4.74 Å². The van der Waals surface area contributed by atoms with Crippen molar-refractivity contribution in [1.29, 1.82) is 0 Å². The highest BCUT2D eigenvalue weighted by Gasteiger charge is 2.38. The molecule has 0 saturated carbocycles. The van der Waals surface area contributed by atoms with Crippen molar-refractivity contribution >= 4 is 28.8 Å². The third-order valence-corrected chi connectivity index (χ3v) is 6.32. The summed E-state index contributed by atoms with van der Waals surface area (Å²) in [6.45, 7) is 9.27. The first-order chi connectivity index (χ1) is 13.9. The van der Waals surface area contributed by atoms with E-state index in [9.17, 15) is 9.59 Å². The van der Waals surface area contributed by atoms with Crippen LogP contribution >= 0.6 is 11.3 Å². The Labute approximate surface area is 174 Å². The van der Waals surface area contributed by atoms with Crippen molar-refractivity contribution in [3.63, 3.8) is 0 Å². The van der Waals surface area contributed by atoms with Crippen molar-refractivity contribution in [2.24, 2.45) is 0 Å². The lowest BCUT2D eigenvalue weighted by Crippen LogP contribution is -2.57. The molecule has 2 aliphatic rings. The van der Waals surface area contributed by atoms with Crippen LogP contribution in [0.4, 0.5) is 5.69 Å². The molecule has 29 heavy (non-hydrogen) atoms. The number of thiazole rings is 1. The first-order valence-corrected chi connectivity index (χ1v) is 10.8. The number of para-hydroxylation sites is 2. The van der Waals surface area contributed by atoms with Crippen LogP contribution in [0.25, 0.3) is 0 Å². The van der Waals surface area contributed by atoms with Gasteiger partial charge in [-0.15, -0.1) is 11.3 Å². The summed E-state index contributed by atoms with van der Waals surface area (Å²) in [6, 6.07) is 6.82. The minimum Gasteiger partial charge on any atom is -0.479 e. The number of piperazine rings is 1. The minimum atomic E-state index is -0.599. The molecule has 2 unspecified atom stereocenters. The highest BCUT2D eigenvalue weighted by atomic mass is 32.1. The Morgan fingerprint density at radius 3 is 2.69 bits per heavy atom. The maximum atomic E-state index is 13.2. The van der Waals surface area contributed by atoms with Crippen molar-refractivity contribution < 1.29 is 14.3 Å².